The Morgan fingerprint density at radius 3 is 2.57 bits per heavy atom. The van der Waals surface area contributed by atoms with Crippen LogP contribution in [0.25, 0.3) is 0 Å². The number of para-hydroxylation sites is 1. The fraction of sp³-hybridized carbons (Fsp3) is 0.333. The van der Waals surface area contributed by atoms with Crippen molar-refractivity contribution in [3.63, 3.8) is 0 Å². The van der Waals surface area contributed by atoms with Gasteiger partial charge in [0.15, 0.2) is 6.61 Å². The Kier molecular flexibility index (Phi) is 10.00. The molecule has 0 unspecified atom stereocenters. The fourth-order valence-electron chi connectivity index (χ4n) is 2.59. The molecular formula is C24H30N2O4. The summed E-state index contributed by atoms with van der Waals surface area (Å²) in [7, 11) is 0. The van der Waals surface area contributed by atoms with Crippen molar-refractivity contribution in [2.75, 3.05) is 19.8 Å². The molecule has 0 aromatic heterocycles. The number of nitrogens with one attached hydrogen (secondary N) is 1. The molecule has 0 spiro atoms. The van der Waals surface area contributed by atoms with Crippen LogP contribution in [0.15, 0.2) is 60.2 Å². The van der Waals surface area contributed by atoms with Crippen LogP contribution >= 0.6 is 0 Å². The van der Waals surface area contributed by atoms with Gasteiger partial charge in [-0.15, -0.1) is 6.58 Å². The van der Waals surface area contributed by atoms with Crippen LogP contribution in [0.1, 0.15) is 37.8 Å². The first-order valence-corrected chi connectivity index (χ1v) is 10.2. The summed E-state index contributed by atoms with van der Waals surface area (Å²) in [6.45, 7) is 8.93. The summed E-state index contributed by atoms with van der Waals surface area (Å²) < 4.78 is 17.1. The molecule has 0 aliphatic carbocycles. The number of hydrogen-bond acceptors (Lipinski definition) is 5. The third-order valence-electron chi connectivity index (χ3n) is 4.01. The molecule has 0 bridgehead atoms. The summed E-state index contributed by atoms with van der Waals surface area (Å²) in [5.41, 5.74) is 4.22. The van der Waals surface area contributed by atoms with E-state index in [4.69, 9.17) is 14.2 Å². The number of nitrogens with zero attached hydrogens (tertiary/aromatic N) is 1. The van der Waals surface area contributed by atoms with Gasteiger partial charge in [0.05, 0.1) is 19.4 Å². The summed E-state index contributed by atoms with van der Waals surface area (Å²) in [6.07, 6.45) is 5.84. The Morgan fingerprint density at radius 2 is 1.80 bits per heavy atom. The Bertz CT molecular complexity index is 849. The van der Waals surface area contributed by atoms with Gasteiger partial charge in [0.25, 0.3) is 5.91 Å². The minimum absolute atomic E-state index is 0.130. The Labute approximate surface area is 178 Å². The average Bonchev–Trinajstić information content (AvgIpc) is 2.76. The zero-order valence-corrected chi connectivity index (χ0v) is 17.7. The number of carbonyl (C=O) groups is 1. The number of benzene rings is 2. The summed E-state index contributed by atoms with van der Waals surface area (Å²) in [5.74, 6) is 1.72. The minimum atomic E-state index is -0.349. The molecule has 0 fully saturated rings. The van der Waals surface area contributed by atoms with Crippen LogP contribution in [-0.4, -0.2) is 31.9 Å². The lowest BCUT2D eigenvalue weighted by molar-refractivity contribution is -0.123. The second-order valence-electron chi connectivity index (χ2n) is 6.58. The molecule has 0 saturated carbocycles. The van der Waals surface area contributed by atoms with E-state index in [-0.39, 0.29) is 12.5 Å². The van der Waals surface area contributed by atoms with Gasteiger partial charge in [-0.05, 0) is 43.0 Å². The van der Waals surface area contributed by atoms with Gasteiger partial charge < -0.3 is 14.2 Å². The largest absolute Gasteiger partial charge is 0.493 e. The minimum Gasteiger partial charge on any atom is -0.493 e. The van der Waals surface area contributed by atoms with Gasteiger partial charge in [0.2, 0.25) is 0 Å². The highest BCUT2D eigenvalue weighted by Crippen LogP contribution is 2.24. The molecule has 1 amide bonds. The first kappa shape index (κ1) is 23.0. The molecule has 2 rings (SSSR count). The molecule has 30 heavy (non-hydrogen) atoms. The zero-order chi connectivity index (χ0) is 21.6. The van der Waals surface area contributed by atoms with Crippen molar-refractivity contribution in [1.82, 2.24) is 5.43 Å². The quantitative estimate of drug-likeness (QED) is 0.299. The lowest BCUT2D eigenvalue weighted by atomic mass is 10.1. The molecule has 6 nitrogen and oxygen atoms in total. The van der Waals surface area contributed by atoms with Crippen LogP contribution in [0.2, 0.25) is 0 Å². The van der Waals surface area contributed by atoms with Gasteiger partial charge in [0.1, 0.15) is 17.2 Å². The van der Waals surface area contributed by atoms with E-state index in [0.29, 0.717) is 31.1 Å². The van der Waals surface area contributed by atoms with Crippen molar-refractivity contribution in [3.05, 3.63) is 66.2 Å². The van der Waals surface area contributed by atoms with E-state index in [1.165, 1.54) is 0 Å². The summed E-state index contributed by atoms with van der Waals surface area (Å²) in [6, 6.07) is 13.1. The van der Waals surface area contributed by atoms with E-state index in [1.807, 2.05) is 49.4 Å². The van der Waals surface area contributed by atoms with Gasteiger partial charge in [-0.2, -0.15) is 5.10 Å². The highest BCUT2D eigenvalue weighted by atomic mass is 16.5. The summed E-state index contributed by atoms with van der Waals surface area (Å²) >= 11 is 0. The number of carbonyl (C=O) groups excluding carboxylic acids is 1. The van der Waals surface area contributed by atoms with Crippen molar-refractivity contribution >= 4 is 12.1 Å². The number of hydrazone groups is 1. The lowest BCUT2D eigenvalue weighted by Crippen LogP contribution is -2.24. The van der Waals surface area contributed by atoms with Crippen LogP contribution < -0.4 is 19.6 Å². The predicted molar refractivity (Wildman–Crippen MR) is 120 cm³/mol. The molecule has 0 saturated heterocycles. The fourth-order valence-corrected chi connectivity index (χ4v) is 2.59. The molecule has 6 heteroatoms. The van der Waals surface area contributed by atoms with E-state index in [9.17, 15) is 4.79 Å². The Balaban J connectivity index is 1.94. The second-order valence-corrected chi connectivity index (χ2v) is 6.58. The SMILES string of the molecule is C=CCc1ccccc1OCC(=O)N/N=C\c1ccc(OCCC)cc1OCCC. The van der Waals surface area contributed by atoms with Gasteiger partial charge in [-0.1, -0.05) is 38.1 Å². The molecule has 0 heterocycles. The standard InChI is InChI=1S/C24H30N2O4/c1-4-9-19-10-7-8-11-22(19)30-18-24(27)26-25-17-20-12-13-21(28-14-5-2)16-23(20)29-15-6-3/h4,7-8,10-13,16-17H,1,5-6,9,14-15,18H2,2-3H3,(H,26,27)/b25-17-. The van der Waals surface area contributed by atoms with Gasteiger partial charge in [0, 0.05) is 11.6 Å². The molecule has 0 atom stereocenters. The topological polar surface area (TPSA) is 69.2 Å². The normalized spacial score (nSPS) is 10.6. The smallest absolute Gasteiger partial charge is 0.277 e. The van der Waals surface area contributed by atoms with Crippen molar-refractivity contribution < 1.29 is 19.0 Å². The maximum absolute atomic E-state index is 12.1. The van der Waals surface area contributed by atoms with E-state index in [0.717, 1.165) is 29.7 Å². The highest BCUT2D eigenvalue weighted by molar-refractivity contribution is 5.85. The van der Waals surface area contributed by atoms with E-state index in [1.54, 1.807) is 12.3 Å². The second kappa shape index (κ2) is 13.0. The first-order valence-electron chi connectivity index (χ1n) is 10.2. The molecule has 160 valence electrons. The number of allylic oxidation sites excluding steroid dienone is 1. The highest BCUT2D eigenvalue weighted by Gasteiger charge is 2.07. The average molecular weight is 411 g/mol. The molecule has 1 N–H and O–H groups in total. The summed E-state index contributed by atoms with van der Waals surface area (Å²) in [5, 5.41) is 4.03. The molecule has 0 radical (unpaired) electrons. The van der Waals surface area contributed by atoms with E-state index >= 15 is 0 Å². The van der Waals surface area contributed by atoms with Crippen LogP contribution in [0.5, 0.6) is 17.2 Å². The third kappa shape index (κ3) is 7.62. The zero-order valence-electron chi connectivity index (χ0n) is 17.7. The molecular weight excluding hydrogens is 380 g/mol. The number of ether oxygens (including phenoxy) is 3. The number of rotatable bonds is 13. The third-order valence-corrected chi connectivity index (χ3v) is 4.01. The van der Waals surface area contributed by atoms with E-state index < -0.39 is 0 Å². The van der Waals surface area contributed by atoms with Crippen molar-refractivity contribution in [2.45, 2.75) is 33.1 Å². The van der Waals surface area contributed by atoms with Crippen LogP contribution in [0.4, 0.5) is 0 Å². The van der Waals surface area contributed by atoms with Crippen molar-refractivity contribution in [3.8, 4) is 17.2 Å². The molecule has 2 aromatic rings. The molecule has 0 aliphatic rings. The number of amides is 1. The van der Waals surface area contributed by atoms with Gasteiger partial charge in [-0.25, -0.2) is 5.43 Å². The van der Waals surface area contributed by atoms with Crippen LogP contribution in [0, 0.1) is 0 Å². The maximum atomic E-state index is 12.1. The monoisotopic (exact) mass is 410 g/mol. The van der Waals surface area contributed by atoms with Gasteiger partial charge in [-0.3, -0.25) is 4.79 Å². The van der Waals surface area contributed by atoms with Crippen molar-refractivity contribution in [1.29, 1.82) is 0 Å². The Hall–Kier alpha value is -3.28. The molecule has 0 aliphatic heterocycles. The van der Waals surface area contributed by atoms with Crippen LogP contribution in [-0.2, 0) is 11.2 Å². The Morgan fingerprint density at radius 1 is 1.03 bits per heavy atom. The van der Waals surface area contributed by atoms with Gasteiger partial charge >= 0.3 is 0 Å². The summed E-state index contributed by atoms with van der Waals surface area (Å²) in [4.78, 5) is 12.1. The van der Waals surface area contributed by atoms with Crippen LogP contribution in [0.3, 0.4) is 0 Å². The number of hydrogen-bond donors (Lipinski definition) is 1. The van der Waals surface area contributed by atoms with Crippen molar-refractivity contribution in [2.24, 2.45) is 5.10 Å². The lowest BCUT2D eigenvalue weighted by Gasteiger charge is -2.11. The first-order chi connectivity index (χ1) is 14.7. The predicted octanol–water partition coefficient (Wildman–Crippen LogP) is 4.52. The maximum Gasteiger partial charge on any atom is 0.277 e. The van der Waals surface area contributed by atoms with E-state index in [2.05, 4.69) is 24.0 Å². The molecule has 2 aromatic carbocycles.